The molecule has 126 valence electrons. The maximum Gasteiger partial charge on any atom is 0.353 e. The van der Waals surface area contributed by atoms with E-state index in [4.69, 9.17) is 22.1 Å². The highest BCUT2D eigenvalue weighted by atomic mass is 35.5. The van der Waals surface area contributed by atoms with Crippen molar-refractivity contribution in [1.29, 1.82) is 10.5 Å². The van der Waals surface area contributed by atoms with Gasteiger partial charge in [0.15, 0.2) is 0 Å². The van der Waals surface area contributed by atoms with E-state index in [0.29, 0.717) is 16.3 Å². The molecule has 1 heterocycles. The standard InChI is InChI=1S/C15H12ClN7O2/c1-10-11(16)3-2-4-12(10)21-14-13(23(24)25)15(20-9-19-14)22(7-5-17)8-6-18/h2-4,9H,7-8H2,1H3,(H,19,20,21). The van der Waals surface area contributed by atoms with Gasteiger partial charge in [0, 0.05) is 10.7 Å². The number of aromatic nitrogens is 2. The van der Waals surface area contributed by atoms with Crippen molar-refractivity contribution in [2.45, 2.75) is 6.92 Å². The molecule has 2 rings (SSSR count). The second-order valence-electron chi connectivity index (χ2n) is 4.86. The fourth-order valence-electron chi connectivity index (χ4n) is 2.11. The monoisotopic (exact) mass is 357 g/mol. The summed E-state index contributed by atoms with van der Waals surface area (Å²) in [4.78, 5) is 19.9. The molecule has 0 unspecified atom stereocenters. The second kappa shape index (κ2) is 7.90. The van der Waals surface area contributed by atoms with Crippen molar-refractivity contribution in [3.63, 3.8) is 0 Å². The molecule has 0 aliphatic heterocycles. The molecule has 9 nitrogen and oxygen atoms in total. The third-order valence-corrected chi connectivity index (χ3v) is 3.74. The predicted molar refractivity (Wildman–Crippen MR) is 91.6 cm³/mol. The summed E-state index contributed by atoms with van der Waals surface area (Å²) in [5.74, 6) is -0.161. The van der Waals surface area contributed by atoms with Crippen LogP contribution in [0.5, 0.6) is 0 Å². The van der Waals surface area contributed by atoms with Crippen LogP contribution in [0, 0.1) is 39.7 Å². The lowest BCUT2D eigenvalue weighted by Gasteiger charge is -2.18. The molecule has 0 atom stereocenters. The van der Waals surface area contributed by atoms with E-state index < -0.39 is 10.6 Å². The van der Waals surface area contributed by atoms with Gasteiger partial charge in [-0.05, 0) is 24.6 Å². The maximum atomic E-state index is 11.6. The first-order valence-electron chi connectivity index (χ1n) is 7.00. The Kier molecular flexibility index (Phi) is 5.66. The summed E-state index contributed by atoms with van der Waals surface area (Å²) in [7, 11) is 0. The Labute approximate surface area is 148 Å². The summed E-state index contributed by atoms with van der Waals surface area (Å²) < 4.78 is 0. The van der Waals surface area contributed by atoms with Crippen molar-refractivity contribution >= 4 is 34.6 Å². The zero-order chi connectivity index (χ0) is 18.4. The molecular weight excluding hydrogens is 346 g/mol. The lowest BCUT2D eigenvalue weighted by atomic mass is 10.2. The van der Waals surface area contributed by atoms with E-state index in [9.17, 15) is 10.1 Å². The average Bonchev–Trinajstić information content (AvgIpc) is 2.58. The van der Waals surface area contributed by atoms with Crippen molar-refractivity contribution in [1.82, 2.24) is 9.97 Å². The molecule has 0 saturated heterocycles. The fourth-order valence-corrected chi connectivity index (χ4v) is 2.28. The van der Waals surface area contributed by atoms with Crippen LogP contribution in [-0.4, -0.2) is 28.0 Å². The molecule has 0 saturated carbocycles. The van der Waals surface area contributed by atoms with Crippen LogP contribution in [0.2, 0.25) is 5.02 Å². The maximum absolute atomic E-state index is 11.6. The Morgan fingerprint density at radius 1 is 1.32 bits per heavy atom. The summed E-state index contributed by atoms with van der Waals surface area (Å²) in [5.41, 5.74) is 0.823. The van der Waals surface area contributed by atoms with E-state index in [2.05, 4.69) is 15.3 Å². The molecule has 0 fully saturated rings. The smallest absolute Gasteiger partial charge is 0.334 e. The van der Waals surface area contributed by atoms with Crippen molar-refractivity contribution in [3.05, 3.63) is 45.2 Å². The summed E-state index contributed by atoms with van der Waals surface area (Å²) in [6.07, 6.45) is 1.13. The summed E-state index contributed by atoms with van der Waals surface area (Å²) in [5, 5.41) is 32.7. The Hall–Kier alpha value is -3.43. The average molecular weight is 358 g/mol. The summed E-state index contributed by atoms with van der Waals surface area (Å²) >= 11 is 6.06. The molecule has 0 bridgehead atoms. The highest BCUT2D eigenvalue weighted by Crippen LogP contribution is 2.34. The Morgan fingerprint density at radius 2 is 2.00 bits per heavy atom. The zero-order valence-electron chi connectivity index (χ0n) is 13.1. The third-order valence-electron chi connectivity index (χ3n) is 3.33. The van der Waals surface area contributed by atoms with Gasteiger partial charge >= 0.3 is 5.69 Å². The molecule has 25 heavy (non-hydrogen) atoms. The molecule has 2 aromatic rings. The van der Waals surface area contributed by atoms with Crippen molar-refractivity contribution < 1.29 is 4.92 Å². The van der Waals surface area contributed by atoms with Gasteiger partial charge in [0.25, 0.3) is 0 Å². The number of benzene rings is 1. The Balaban J connectivity index is 2.54. The van der Waals surface area contributed by atoms with Gasteiger partial charge in [-0.3, -0.25) is 10.1 Å². The van der Waals surface area contributed by atoms with Gasteiger partial charge in [0.1, 0.15) is 19.4 Å². The minimum absolute atomic E-state index is 0.0544. The van der Waals surface area contributed by atoms with E-state index in [1.54, 1.807) is 25.1 Å². The quantitative estimate of drug-likeness (QED) is 0.474. The molecule has 0 aliphatic carbocycles. The molecule has 0 radical (unpaired) electrons. The highest BCUT2D eigenvalue weighted by molar-refractivity contribution is 6.31. The predicted octanol–water partition coefficient (Wildman–Crippen LogP) is 2.94. The van der Waals surface area contributed by atoms with Crippen molar-refractivity contribution in [2.75, 3.05) is 23.3 Å². The van der Waals surface area contributed by atoms with Crippen LogP contribution in [-0.2, 0) is 0 Å². The fraction of sp³-hybridized carbons (Fsp3) is 0.200. The number of nitrogens with one attached hydrogen (secondary N) is 1. The number of rotatable bonds is 6. The first kappa shape index (κ1) is 17.9. The van der Waals surface area contributed by atoms with Crippen LogP contribution in [0.15, 0.2) is 24.5 Å². The molecule has 1 N–H and O–H groups in total. The molecule has 10 heteroatoms. The van der Waals surface area contributed by atoms with Gasteiger partial charge in [0.05, 0.1) is 17.1 Å². The summed E-state index contributed by atoms with van der Waals surface area (Å²) in [6.45, 7) is 1.32. The number of nitriles is 2. The number of anilines is 3. The molecular formula is C15H12ClN7O2. The topological polar surface area (TPSA) is 132 Å². The van der Waals surface area contributed by atoms with Crippen molar-refractivity contribution in [2.24, 2.45) is 0 Å². The molecule has 0 amide bonds. The lowest BCUT2D eigenvalue weighted by molar-refractivity contribution is -0.383. The van der Waals surface area contributed by atoms with Gasteiger partial charge in [-0.2, -0.15) is 10.5 Å². The highest BCUT2D eigenvalue weighted by Gasteiger charge is 2.27. The molecule has 0 aliphatic rings. The van der Waals surface area contributed by atoms with Gasteiger partial charge in [-0.15, -0.1) is 0 Å². The molecule has 1 aromatic carbocycles. The third kappa shape index (κ3) is 3.91. The van der Waals surface area contributed by atoms with E-state index in [-0.39, 0.29) is 24.7 Å². The molecule has 1 aromatic heterocycles. The normalized spacial score (nSPS) is 9.76. The first-order valence-corrected chi connectivity index (χ1v) is 7.37. The van der Waals surface area contributed by atoms with Crippen LogP contribution >= 0.6 is 11.6 Å². The molecule has 0 spiro atoms. The largest absolute Gasteiger partial charge is 0.353 e. The number of hydrogen-bond acceptors (Lipinski definition) is 8. The van der Waals surface area contributed by atoms with E-state index in [0.717, 1.165) is 6.33 Å². The number of hydrogen-bond donors (Lipinski definition) is 1. The lowest BCUT2D eigenvalue weighted by Crippen LogP contribution is -2.26. The van der Waals surface area contributed by atoms with Gasteiger partial charge in [-0.1, -0.05) is 17.7 Å². The number of nitrogens with zero attached hydrogens (tertiary/aromatic N) is 6. The Bertz CT molecular complexity index is 872. The Morgan fingerprint density at radius 3 is 2.60 bits per heavy atom. The van der Waals surface area contributed by atoms with Crippen LogP contribution in [0.3, 0.4) is 0 Å². The van der Waals surface area contributed by atoms with Crippen LogP contribution in [0.1, 0.15) is 5.56 Å². The van der Waals surface area contributed by atoms with E-state index >= 15 is 0 Å². The summed E-state index contributed by atoms with van der Waals surface area (Å²) in [6, 6.07) is 8.81. The minimum atomic E-state index is -0.653. The van der Waals surface area contributed by atoms with E-state index in [1.807, 2.05) is 12.1 Å². The number of halogens is 1. The van der Waals surface area contributed by atoms with Gasteiger partial charge < -0.3 is 10.2 Å². The van der Waals surface area contributed by atoms with Gasteiger partial charge in [-0.25, -0.2) is 9.97 Å². The SMILES string of the molecule is Cc1c(Cl)cccc1Nc1ncnc(N(CC#N)CC#N)c1[N+](=O)[O-]. The van der Waals surface area contributed by atoms with Gasteiger partial charge in [0.2, 0.25) is 11.6 Å². The number of nitro groups is 1. The zero-order valence-corrected chi connectivity index (χ0v) is 13.9. The van der Waals surface area contributed by atoms with Crippen molar-refractivity contribution in [3.8, 4) is 12.1 Å². The first-order chi connectivity index (χ1) is 12.0. The second-order valence-corrected chi connectivity index (χ2v) is 5.27. The van der Waals surface area contributed by atoms with Crippen LogP contribution < -0.4 is 10.2 Å². The van der Waals surface area contributed by atoms with E-state index in [1.165, 1.54) is 4.90 Å². The van der Waals surface area contributed by atoms with Crippen LogP contribution in [0.25, 0.3) is 0 Å². The minimum Gasteiger partial charge on any atom is -0.334 e. The van der Waals surface area contributed by atoms with Crippen LogP contribution in [0.4, 0.5) is 23.0 Å².